The molecule has 1 aliphatic rings. The molecular weight excluding hydrogens is 368 g/mol. The summed E-state index contributed by atoms with van der Waals surface area (Å²) in [4.78, 5) is 10.2. The number of benzene rings is 1. The molecule has 22 heavy (non-hydrogen) atoms. The molecule has 0 aliphatic carbocycles. The molecule has 8 heteroatoms. The monoisotopic (exact) mass is 382 g/mol. The summed E-state index contributed by atoms with van der Waals surface area (Å²) in [5.74, 6) is 0.929. The number of piperazine rings is 1. The van der Waals surface area contributed by atoms with Crippen LogP contribution >= 0.6 is 27.5 Å². The first-order valence-electron chi connectivity index (χ1n) is 6.87. The Morgan fingerprint density at radius 1 is 1.27 bits per heavy atom. The van der Waals surface area contributed by atoms with Gasteiger partial charge in [-0.3, -0.25) is 0 Å². The van der Waals surface area contributed by atoms with Crippen molar-refractivity contribution < 1.29 is 0 Å². The van der Waals surface area contributed by atoms with E-state index in [4.69, 9.17) is 23.1 Å². The van der Waals surface area contributed by atoms with Crippen molar-refractivity contribution in [3.05, 3.63) is 39.3 Å². The van der Waals surface area contributed by atoms with Crippen LogP contribution in [0.3, 0.4) is 0 Å². The zero-order valence-corrected chi connectivity index (χ0v) is 14.1. The number of nitrogens with one attached hydrogen (secondary N) is 1. The number of nitrogens with zero attached hydrogens (tertiary/aromatic N) is 3. The van der Waals surface area contributed by atoms with E-state index in [1.54, 1.807) is 0 Å². The molecule has 2 aromatic rings. The van der Waals surface area contributed by atoms with Gasteiger partial charge < -0.3 is 21.7 Å². The molecule has 1 saturated heterocycles. The fraction of sp³-hybridized carbons (Fsp3) is 0.286. The molecule has 0 spiro atoms. The Kier molecular flexibility index (Phi) is 4.37. The Hall–Kier alpha value is -1.57. The van der Waals surface area contributed by atoms with Crippen molar-refractivity contribution in [1.29, 1.82) is 0 Å². The lowest BCUT2D eigenvalue weighted by Gasteiger charge is -2.35. The Labute approximate surface area is 142 Å². The SMILES string of the molecule is Nc1nc(N)c(Cl)c(N2CCNC(c3ccccc3Br)C2)n1. The fourth-order valence-corrected chi connectivity index (χ4v) is 3.35. The van der Waals surface area contributed by atoms with Crippen LogP contribution in [0.2, 0.25) is 5.02 Å². The maximum atomic E-state index is 6.25. The van der Waals surface area contributed by atoms with Crippen molar-refractivity contribution in [1.82, 2.24) is 15.3 Å². The van der Waals surface area contributed by atoms with E-state index in [1.165, 1.54) is 5.56 Å². The molecular formula is C14H16BrClN6. The van der Waals surface area contributed by atoms with Crippen molar-refractivity contribution in [2.24, 2.45) is 0 Å². The van der Waals surface area contributed by atoms with Gasteiger partial charge >= 0.3 is 0 Å². The average Bonchev–Trinajstić information content (AvgIpc) is 2.51. The highest BCUT2D eigenvalue weighted by atomic mass is 79.9. The highest BCUT2D eigenvalue weighted by molar-refractivity contribution is 9.10. The molecule has 0 amide bonds. The second-order valence-electron chi connectivity index (χ2n) is 5.08. The minimum Gasteiger partial charge on any atom is -0.382 e. The van der Waals surface area contributed by atoms with Crippen LogP contribution in [-0.4, -0.2) is 29.6 Å². The predicted octanol–water partition coefficient (Wildman–Crippen LogP) is 2.21. The Morgan fingerprint density at radius 2 is 2.05 bits per heavy atom. The van der Waals surface area contributed by atoms with Gasteiger partial charge in [0.1, 0.15) is 10.8 Å². The van der Waals surface area contributed by atoms with E-state index in [0.29, 0.717) is 10.8 Å². The molecule has 2 heterocycles. The highest BCUT2D eigenvalue weighted by Gasteiger charge is 2.25. The Balaban J connectivity index is 1.89. The molecule has 5 N–H and O–H groups in total. The van der Waals surface area contributed by atoms with E-state index >= 15 is 0 Å². The summed E-state index contributed by atoms with van der Waals surface area (Å²) in [6.07, 6.45) is 0. The van der Waals surface area contributed by atoms with E-state index in [-0.39, 0.29) is 17.8 Å². The van der Waals surface area contributed by atoms with Crippen LogP contribution in [0.5, 0.6) is 0 Å². The van der Waals surface area contributed by atoms with Crippen LogP contribution in [0.15, 0.2) is 28.7 Å². The molecule has 0 bridgehead atoms. The van der Waals surface area contributed by atoms with Crippen molar-refractivity contribution in [2.75, 3.05) is 36.0 Å². The maximum absolute atomic E-state index is 6.25. The van der Waals surface area contributed by atoms with Crippen molar-refractivity contribution in [3.8, 4) is 0 Å². The molecule has 1 aromatic heterocycles. The number of halogens is 2. The van der Waals surface area contributed by atoms with Crippen molar-refractivity contribution >= 4 is 45.1 Å². The molecule has 1 aliphatic heterocycles. The van der Waals surface area contributed by atoms with Crippen LogP contribution in [0.1, 0.15) is 11.6 Å². The normalized spacial score (nSPS) is 18.5. The van der Waals surface area contributed by atoms with Crippen LogP contribution in [0.25, 0.3) is 0 Å². The van der Waals surface area contributed by atoms with Gasteiger partial charge in [-0.2, -0.15) is 9.97 Å². The number of nitrogen functional groups attached to an aromatic ring is 2. The Bertz CT molecular complexity index is 695. The van der Waals surface area contributed by atoms with Crippen LogP contribution in [0, 0.1) is 0 Å². The number of hydrogen-bond acceptors (Lipinski definition) is 6. The largest absolute Gasteiger partial charge is 0.382 e. The number of aromatic nitrogens is 2. The van der Waals surface area contributed by atoms with E-state index in [0.717, 1.165) is 24.1 Å². The topological polar surface area (TPSA) is 93.1 Å². The number of hydrogen-bond donors (Lipinski definition) is 3. The van der Waals surface area contributed by atoms with Gasteiger partial charge in [-0.15, -0.1) is 0 Å². The zero-order valence-electron chi connectivity index (χ0n) is 11.8. The van der Waals surface area contributed by atoms with E-state index in [9.17, 15) is 0 Å². The lowest BCUT2D eigenvalue weighted by molar-refractivity contribution is 0.468. The van der Waals surface area contributed by atoms with Crippen LogP contribution < -0.4 is 21.7 Å². The van der Waals surface area contributed by atoms with Crippen LogP contribution in [-0.2, 0) is 0 Å². The summed E-state index contributed by atoms with van der Waals surface area (Å²) >= 11 is 9.84. The van der Waals surface area contributed by atoms with Gasteiger partial charge in [-0.1, -0.05) is 45.7 Å². The Morgan fingerprint density at radius 3 is 2.82 bits per heavy atom. The number of nitrogens with two attached hydrogens (primary N) is 2. The average molecular weight is 384 g/mol. The smallest absolute Gasteiger partial charge is 0.224 e. The van der Waals surface area contributed by atoms with Gasteiger partial charge in [-0.25, -0.2) is 0 Å². The summed E-state index contributed by atoms with van der Waals surface area (Å²) in [7, 11) is 0. The third-order valence-electron chi connectivity index (χ3n) is 3.63. The van der Waals surface area contributed by atoms with E-state index in [1.807, 2.05) is 18.2 Å². The quantitative estimate of drug-likeness (QED) is 0.736. The first kappa shape index (κ1) is 15.3. The zero-order chi connectivity index (χ0) is 15.7. The molecule has 1 unspecified atom stereocenters. The first-order valence-corrected chi connectivity index (χ1v) is 8.04. The highest BCUT2D eigenvalue weighted by Crippen LogP contribution is 2.32. The second kappa shape index (κ2) is 6.28. The van der Waals surface area contributed by atoms with Crippen molar-refractivity contribution in [3.63, 3.8) is 0 Å². The second-order valence-corrected chi connectivity index (χ2v) is 6.31. The number of anilines is 3. The standard InChI is InChI=1S/C14H16BrClN6/c15-9-4-2-1-3-8(9)10-7-22(6-5-19-10)13-11(16)12(17)20-14(18)21-13/h1-4,10,19H,5-7H2,(H4,17,18,20,21). The molecule has 6 nitrogen and oxygen atoms in total. The lowest BCUT2D eigenvalue weighted by atomic mass is 10.0. The van der Waals surface area contributed by atoms with Crippen molar-refractivity contribution in [2.45, 2.75) is 6.04 Å². The molecule has 1 fully saturated rings. The molecule has 1 atom stereocenters. The van der Waals surface area contributed by atoms with Crippen LogP contribution in [0.4, 0.5) is 17.6 Å². The van der Waals surface area contributed by atoms with Gasteiger partial charge in [0.05, 0.1) is 6.04 Å². The maximum Gasteiger partial charge on any atom is 0.224 e. The van der Waals surface area contributed by atoms with Gasteiger partial charge in [0, 0.05) is 24.1 Å². The van der Waals surface area contributed by atoms with Gasteiger partial charge in [-0.05, 0) is 11.6 Å². The summed E-state index contributed by atoms with van der Waals surface area (Å²) in [6, 6.07) is 8.31. The van der Waals surface area contributed by atoms with Gasteiger partial charge in [0.2, 0.25) is 5.95 Å². The minimum atomic E-state index is 0.132. The third kappa shape index (κ3) is 2.97. The summed E-state index contributed by atoms with van der Waals surface area (Å²) < 4.78 is 1.07. The molecule has 0 radical (unpaired) electrons. The summed E-state index contributed by atoms with van der Waals surface area (Å²) in [5, 5.41) is 3.85. The third-order valence-corrected chi connectivity index (χ3v) is 4.72. The minimum absolute atomic E-state index is 0.132. The molecule has 116 valence electrons. The summed E-state index contributed by atoms with van der Waals surface area (Å²) in [5.41, 5.74) is 12.7. The summed E-state index contributed by atoms with van der Waals surface area (Å²) in [6.45, 7) is 2.31. The van der Waals surface area contributed by atoms with Gasteiger partial charge in [0.25, 0.3) is 0 Å². The number of rotatable bonds is 2. The lowest BCUT2D eigenvalue weighted by Crippen LogP contribution is -2.46. The fourth-order valence-electron chi connectivity index (χ4n) is 2.59. The first-order chi connectivity index (χ1) is 10.6. The molecule has 0 saturated carbocycles. The van der Waals surface area contributed by atoms with Gasteiger partial charge in [0.15, 0.2) is 5.82 Å². The van der Waals surface area contributed by atoms with E-state index in [2.05, 4.69) is 42.2 Å². The molecule has 3 rings (SSSR count). The predicted molar refractivity (Wildman–Crippen MR) is 93.0 cm³/mol. The van der Waals surface area contributed by atoms with E-state index < -0.39 is 0 Å². The molecule has 1 aromatic carbocycles.